The van der Waals surface area contributed by atoms with Crippen LogP contribution in [0.15, 0.2) is 96.7 Å². The Morgan fingerprint density at radius 1 is 0.649 bits per heavy atom. The number of benzene rings is 1. The van der Waals surface area contributed by atoms with Gasteiger partial charge in [-0.05, 0) is 116 Å². The van der Waals surface area contributed by atoms with E-state index in [4.69, 9.17) is 32.7 Å². The van der Waals surface area contributed by atoms with Gasteiger partial charge in [0, 0.05) is 166 Å². The fraction of sp³-hybridized carbons (Fsp3) is 0.545. The number of piperazine rings is 3. The molecule has 3 aliphatic heterocycles. The summed E-state index contributed by atoms with van der Waals surface area (Å²) >= 11 is 12.0. The molecule has 1 aromatic carbocycles. The van der Waals surface area contributed by atoms with Crippen LogP contribution in [0.25, 0.3) is 0 Å². The summed E-state index contributed by atoms with van der Waals surface area (Å²) in [6.45, 7) is 25.2. The molecule has 0 spiro atoms. The van der Waals surface area contributed by atoms with Gasteiger partial charge in [-0.3, -0.25) is 34.3 Å². The zero-order valence-electron chi connectivity index (χ0n) is 46.0. The fourth-order valence-electron chi connectivity index (χ4n) is 8.20. The van der Waals surface area contributed by atoms with E-state index >= 15 is 0 Å². The highest BCUT2D eigenvalue weighted by atomic mass is 35.5. The molecular weight excluding hydrogens is 1050 g/mol. The Kier molecular flexibility index (Phi) is 27.5. The highest BCUT2D eigenvalue weighted by Crippen LogP contribution is 2.30. The molecule has 424 valence electrons. The van der Waals surface area contributed by atoms with Crippen LogP contribution in [0.3, 0.4) is 0 Å². The monoisotopic (exact) mass is 1130 g/mol. The topological polar surface area (TPSA) is 203 Å². The van der Waals surface area contributed by atoms with Crippen LogP contribution in [0.4, 0.5) is 21.9 Å². The van der Waals surface area contributed by atoms with E-state index in [1.807, 2.05) is 57.7 Å². The molecule has 3 aromatic heterocycles. The Morgan fingerprint density at radius 2 is 1.09 bits per heavy atom. The number of carbonyl (C=O) groups is 4. The van der Waals surface area contributed by atoms with Crippen LogP contribution in [0.1, 0.15) is 73.6 Å². The van der Waals surface area contributed by atoms with E-state index in [0.29, 0.717) is 19.1 Å². The lowest BCUT2D eigenvalue weighted by molar-refractivity contribution is -0.155. The van der Waals surface area contributed by atoms with E-state index in [2.05, 4.69) is 74.4 Å². The molecule has 19 nitrogen and oxygen atoms in total. The molecule has 0 atom stereocenters. The van der Waals surface area contributed by atoms with E-state index in [0.717, 1.165) is 109 Å². The highest BCUT2D eigenvalue weighted by Gasteiger charge is 2.26. The highest BCUT2D eigenvalue weighted by molar-refractivity contribution is 7.89. The predicted octanol–water partition coefficient (Wildman–Crippen LogP) is 7.10. The summed E-state index contributed by atoms with van der Waals surface area (Å²) in [4.78, 5) is 68.5. The molecule has 3 saturated heterocycles. The molecule has 7 rings (SSSR count). The number of rotatable bonds is 18. The van der Waals surface area contributed by atoms with Gasteiger partial charge in [0.05, 0.1) is 16.6 Å². The lowest BCUT2D eigenvalue weighted by Gasteiger charge is -2.36. The Labute approximate surface area is 467 Å². The summed E-state index contributed by atoms with van der Waals surface area (Å²) in [6.07, 6.45) is 13.8. The number of halogens is 2. The quantitative estimate of drug-likeness (QED) is 0.0754. The molecule has 1 amide bonds. The summed E-state index contributed by atoms with van der Waals surface area (Å²) < 4.78 is 36.8. The number of Topliss-reactive ketones (excluding diaryl/α,β-unsaturated/α-hetero) is 1. The number of aromatic nitrogens is 3. The number of hydrogen-bond donors (Lipinski definition) is 2. The first-order chi connectivity index (χ1) is 36.6. The number of alkyl carbamates (subject to hydrolysis) is 1. The molecule has 4 aromatic rings. The Bertz CT molecular complexity index is 2470. The van der Waals surface area contributed by atoms with Gasteiger partial charge >= 0.3 is 12.1 Å². The van der Waals surface area contributed by atoms with Crippen molar-refractivity contribution in [2.75, 3.05) is 126 Å². The van der Waals surface area contributed by atoms with Gasteiger partial charge < -0.3 is 39.6 Å². The fourth-order valence-corrected chi connectivity index (χ4v) is 10.1. The predicted molar refractivity (Wildman–Crippen MR) is 306 cm³/mol. The van der Waals surface area contributed by atoms with Gasteiger partial charge in [0.15, 0.2) is 0 Å². The first-order valence-corrected chi connectivity index (χ1v) is 28.5. The van der Waals surface area contributed by atoms with Crippen molar-refractivity contribution in [2.45, 2.75) is 89.7 Å². The van der Waals surface area contributed by atoms with Crippen molar-refractivity contribution in [3.63, 3.8) is 0 Å². The van der Waals surface area contributed by atoms with Crippen LogP contribution < -0.4 is 25.3 Å². The minimum absolute atomic E-state index is 0.00336. The van der Waals surface area contributed by atoms with Crippen molar-refractivity contribution in [1.29, 1.82) is 0 Å². The Hall–Kier alpha value is -5.48. The SMILES string of the molecule is CC(C)(C)OC(=O)CCCN1CCN(c2ccncc2)CC1.CC(C)(C)OC(=O)NCC=O.CN(CCC(=O)CCCN1CCN(c2ccncc2)CC1)S(=O)(=O)c1cccc(Cl)c1Cl.c1cc(N2CCNCC2)ccn1. The maximum absolute atomic E-state index is 12.7. The van der Waals surface area contributed by atoms with Gasteiger partial charge in [-0.25, -0.2) is 17.5 Å². The lowest BCUT2D eigenvalue weighted by Crippen LogP contribution is -2.46. The average Bonchev–Trinajstić information content (AvgIpc) is 3.41. The van der Waals surface area contributed by atoms with Crippen molar-refractivity contribution in [2.24, 2.45) is 0 Å². The number of nitrogens with one attached hydrogen (secondary N) is 2. The summed E-state index contributed by atoms with van der Waals surface area (Å²) in [5, 5.41) is 5.76. The number of hydrogen-bond acceptors (Lipinski definition) is 17. The van der Waals surface area contributed by atoms with Gasteiger partial charge in [-0.1, -0.05) is 29.3 Å². The third-order valence-electron chi connectivity index (χ3n) is 12.2. The normalized spacial score (nSPS) is 15.4. The average molecular weight is 1130 g/mol. The lowest BCUT2D eigenvalue weighted by atomic mass is 10.1. The smallest absolute Gasteiger partial charge is 0.408 e. The first kappa shape index (κ1) is 64.0. The van der Waals surface area contributed by atoms with Crippen molar-refractivity contribution in [3.8, 4) is 0 Å². The third-order valence-corrected chi connectivity index (χ3v) is 15.0. The maximum atomic E-state index is 12.7. The van der Waals surface area contributed by atoms with Crippen molar-refractivity contribution >= 4 is 74.4 Å². The van der Waals surface area contributed by atoms with Gasteiger partial charge in [0.2, 0.25) is 10.0 Å². The second kappa shape index (κ2) is 33.1. The van der Waals surface area contributed by atoms with E-state index in [1.165, 1.54) is 42.3 Å². The van der Waals surface area contributed by atoms with Gasteiger partial charge in [-0.15, -0.1) is 0 Å². The Balaban J connectivity index is 0.000000244. The summed E-state index contributed by atoms with van der Waals surface area (Å²) in [7, 11) is -2.36. The molecule has 3 aliphatic rings. The summed E-state index contributed by atoms with van der Waals surface area (Å²) in [5.41, 5.74) is 2.82. The molecule has 22 heteroatoms. The largest absolute Gasteiger partial charge is 0.460 e. The number of pyridine rings is 3. The molecule has 0 unspecified atom stereocenters. The molecule has 0 aliphatic carbocycles. The standard InChI is InChI=1S/C22H28Cl2N4O3S.C17H27N3O2.C9H13N3.C7H13NO3/c1-26(32(30,31)21-6-2-5-20(23)22(21)24)13-9-19(29)4-3-12-27-14-16-28(17-15-27)18-7-10-25-11-8-18;1-17(2,3)22-16(21)5-4-10-19-11-13-20(14-12-19)15-6-8-18-9-7-15;1-3-10-4-2-9(1)12-7-5-11-6-8-12;1-7(2,3)11-6(10)8-4-5-9/h2,5-8,10-11H,3-4,9,12-17H2,1H3;6-9H,4-5,10-14H2,1-3H3;1-4,11H,5-8H2;5H,4H2,1-3H3,(H,8,10). The zero-order valence-corrected chi connectivity index (χ0v) is 48.4. The molecule has 77 heavy (non-hydrogen) atoms. The molecule has 0 radical (unpaired) electrons. The Morgan fingerprint density at radius 3 is 1.53 bits per heavy atom. The minimum Gasteiger partial charge on any atom is -0.460 e. The number of ketones is 1. The number of amides is 1. The van der Waals surface area contributed by atoms with E-state index in [-0.39, 0.29) is 51.8 Å². The number of aldehydes is 1. The van der Waals surface area contributed by atoms with Gasteiger partial charge in [0.1, 0.15) is 28.2 Å². The first-order valence-electron chi connectivity index (χ1n) is 26.3. The molecule has 2 N–H and O–H groups in total. The van der Waals surface area contributed by atoms with E-state index in [9.17, 15) is 27.6 Å². The second-order valence-electron chi connectivity index (χ2n) is 20.5. The number of esters is 1. The van der Waals surface area contributed by atoms with Crippen LogP contribution in [-0.2, 0) is 33.9 Å². The van der Waals surface area contributed by atoms with E-state index < -0.39 is 21.7 Å². The van der Waals surface area contributed by atoms with Crippen LogP contribution in [0.5, 0.6) is 0 Å². The molecule has 3 fully saturated rings. The second-order valence-corrected chi connectivity index (χ2v) is 23.3. The molecule has 0 saturated carbocycles. The van der Waals surface area contributed by atoms with Crippen LogP contribution >= 0.6 is 23.2 Å². The van der Waals surface area contributed by atoms with Crippen molar-refractivity contribution < 1.29 is 37.1 Å². The minimum atomic E-state index is -3.81. The maximum Gasteiger partial charge on any atom is 0.408 e. The van der Waals surface area contributed by atoms with Crippen LogP contribution in [0, 0.1) is 0 Å². The van der Waals surface area contributed by atoms with Crippen molar-refractivity contribution in [1.82, 2.24) is 39.7 Å². The van der Waals surface area contributed by atoms with Gasteiger partial charge in [-0.2, -0.15) is 0 Å². The molecular formula is C55H81Cl2N11O8S. The number of nitrogens with zero attached hydrogens (tertiary/aromatic N) is 9. The van der Waals surface area contributed by atoms with Gasteiger partial charge in [0.25, 0.3) is 0 Å². The number of sulfonamides is 1. The summed E-state index contributed by atoms with van der Waals surface area (Å²) in [6, 6.07) is 16.8. The third kappa shape index (κ3) is 24.8. The number of ether oxygens (including phenoxy) is 2. The van der Waals surface area contributed by atoms with Crippen LogP contribution in [0.2, 0.25) is 10.0 Å². The zero-order chi connectivity index (χ0) is 56.3. The molecule has 0 bridgehead atoms. The number of anilines is 3. The van der Waals surface area contributed by atoms with Crippen molar-refractivity contribution in [3.05, 3.63) is 102 Å². The molecule has 6 heterocycles. The summed E-state index contributed by atoms with van der Waals surface area (Å²) in [5.74, 6) is -0.0393. The van der Waals surface area contributed by atoms with Crippen LogP contribution in [-0.4, -0.2) is 185 Å². The number of carbonyl (C=O) groups excluding carboxylic acids is 4. The van der Waals surface area contributed by atoms with E-state index in [1.54, 1.807) is 33.2 Å².